The minimum Gasteiger partial charge on any atom is -0.478 e. The summed E-state index contributed by atoms with van der Waals surface area (Å²) >= 11 is 0. The summed E-state index contributed by atoms with van der Waals surface area (Å²) < 4.78 is 11.8. The van der Waals surface area contributed by atoms with E-state index in [1.165, 1.54) is 4.90 Å². The Balaban J connectivity index is 1.78. The van der Waals surface area contributed by atoms with Gasteiger partial charge in [-0.1, -0.05) is 0 Å². The molecule has 2 atom stereocenters. The van der Waals surface area contributed by atoms with Crippen LogP contribution in [0.25, 0.3) is 0 Å². The van der Waals surface area contributed by atoms with Crippen LogP contribution in [-0.4, -0.2) is 58.1 Å². The molecule has 0 unspecified atom stereocenters. The summed E-state index contributed by atoms with van der Waals surface area (Å²) in [4.78, 5) is 36.3. The molecule has 2 heterocycles. The molecule has 1 aromatic heterocycles. The number of aromatic nitrogens is 2. The monoisotopic (exact) mass is 323 g/mol. The van der Waals surface area contributed by atoms with Crippen LogP contribution < -0.4 is 4.90 Å². The van der Waals surface area contributed by atoms with Gasteiger partial charge in [0.05, 0.1) is 19.2 Å². The van der Waals surface area contributed by atoms with E-state index in [1.807, 2.05) is 0 Å². The summed E-state index contributed by atoms with van der Waals surface area (Å²) in [5.74, 6) is -2.35. The Morgan fingerprint density at radius 3 is 2.83 bits per heavy atom. The minimum absolute atomic E-state index is 0.137. The second-order valence-electron chi connectivity index (χ2n) is 5.53. The maximum atomic E-state index is 12.5. The molecule has 23 heavy (non-hydrogen) atoms. The van der Waals surface area contributed by atoms with Gasteiger partial charge < -0.3 is 14.6 Å². The highest BCUT2D eigenvalue weighted by atomic mass is 16.6. The lowest BCUT2D eigenvalue weighted by Crippen LogP contribution is -2.55. The van der Waals surface area contributed by atoms with E-state index in [0.29, 0.717) is 11.9 Å². The van der Waals surface area contributed by atoms with Crippen LogP contribution >= 0.6 is 0 Å². The molecule has 2 fully saturated rings. The fourth-order valence-electron chi connectivity index (χ4n) is 2.49. The van der Waals surface area contributed by atoms with E-state index in [0.717, 1.165) is 19.8 Å². The molecule has 9 heteroatoms. The van der Waals surface area contributed by atoms with Crippen molar-refractivity contribution in [3.05, 3.63) is 12.3 Å². The maximum Gasteiger partial charge on any atom is 0.348 e. The largest absolute Gasteiger partial charge is 0.478 e. The number of hydrogen-bond donors (Lipinski definition) is 1. The molecule has 1 N–H and O–H groups in total. The van der Waals surface area contributed by atoms with Crippen LogP contribution in [0.2, 0.25) is 0 Å². The van der Waals surface area contributed by atoms with Gasteiger partial charge in [0.1, 0.15) is 0 Å². The van der Waals surface area contributed by atoms with Gasteiger partial charge in [0.25, 0.3) is 5.91 Å². The molecule has 1 aliphatic heterocycles. The van der Waals surface area contributed by atoms with Crippen LogP contribution in [0.5, 0.6) is 0 Å². The molecule has 1 saturated carbocycles. The second-order valence-corrected chi connectivity index (χ2v) is 5.53. The third-order valence-corrected chi connectivity index (χ3v) is 3.72. The van der Waals surface area contributed by atoms with Crippen molar-refractivity contribution in [1.29, 1.82) is 0 Å². The highest BCUT2D eigenvalue weighted by Crippen LogP contribution is 2.34. The molecular weight excluding hydrogens is 306 g/mol. The van der Waals surface area contributed by atoms with E-state index in [-0.39, 0.29) is 13.2 Å². The van der Waals surface area contributed by atoms with Gasteiger partial charge in [-0.15, -0.1) is 0 Å². The van der Waals surface area contributed by atoms with E-state index in [2.05, 4.69) is 5.10 Å². The van der Waals surface area contributed by atoms with E-state index in [9.17, 15) is 19.5 Å². The normalized spacial score (nSPS) is 22.7. The van der Waals surface area contributed by atoms with Crippen LogP contribution in [0.1, 0.15) is 25.8 Å². The van der Waals surface area contributed by atoms with E-state index < -0.39 is 30.1 Å². The smallest absolute Gasteiger partial charge is 0.348 e. The van der Waals surface area contributed by atoms with Crippen molar-refractivity contribution < 1.29 is 29.0 Å². The molecule has 1 aliphatic carbocycles. The molecule has 124 valence electrons. The Morgan fingerprint density at radius 2 is 2.22 bits per heavy atom. The third-order valence-electron chi connectivity index (χ3n) is 3.72. The lowest BCUT2D eigenvalue weighted by molar-refractivity contribution is -0.177. The molecule has 3 rings (SSSR count). The Labute approximate surface area is 131 Å². The number of aliphatic carboxylic acids is 1. The van der Waals surface area contributed by atoms with Gasteiger partial charge in [-0.3, -0.25) is 19.2 Å². The zero-order chi connectivity index (χ0) is 16.6. The van der Waals surface area contributed by atoms with E-state index >= 15 is 0 Å². The number of carbonyl (C=O) groups is 3. The molecule has 0 radical (unpaired) electrons. The van der Waals surface area contributed by atoms with Crippen molar-refractivity contribution in [2.45, 2.75) is 38.0 Å². The van der Waals surface area contributed by atoms with E-state index in [4.69, 9.17) is 9.47 Å². The first-order chi connectivity index (χ1) is 11.0. The number of amides is 1. The lowest BCUT2D eigenvalue weighted by atomic mass is 10.1. The summed E-state index contributed by atoms with van der Waals surface area (Å²) in [6.07, 6.45) is 0.873. The summed E-state index contributed by atoms with van der Waals surface area (Å²) in [7, 11) is 0. The van der Waals surface area contributed by atoms with Crippen LogP contribution in [0, 0.1) is 0 Å². The van der Waals surface area contributed by atoms with Crippen molar-refractivity contribution in [3.63, 3.8) is 0 Å². The van der Waals surface area contributed by atoms with Gasteiger partial charge in [0.2, 0.25) is 6.10 Å². The number of morpholine rings is 1. The number of hydrogen-bond acceptors (Lipinski definition) is 6. The molecular formula is C14H17N3O6. The number of nitrogens with zero attached hydrogens (tertiary/aromatic N) is 3. The lowest BCUT2D eigenvalue weighted by Gasteiger charge is -2.33. The molecule has 2 aliphatic rings. The van der Waals surface area contributed by atoms with Crippen molar-refractivity contribution in [1.82, 2.24) is 9.78 Å². The number of esters is 1. The quantitative estimate of drug-likeness (QED) is 0.757. The molecule has 1 saturated heterocycles. The van der Waals surface area contributed by atoms with Gasteiger partial charge in [0.15, 0.2) is 11.9 Å². The zero-order valence-electron chi connectivity index (χ0n) is 12.5. The van der Waals surface area contributed by atoms with Crippen LogP contribution in [0.3, 0.4) is 0 Å². The molecule has 0 spiro atoms. The van der Waals surface area contributed by atoms with Crippen molar-refractivity contribution in [2.75, 3.05) is 18.1 Å². The Bertz CT molecular complexity index is 638. The second kappa shape index (κ2) is 5.99. The van der Waals surface area contributed by atoms with Gasteiger partial charge in [-0.2, -0.15) is 5.10 Å². The fraction of sp³-hybridized carbons (Fsp3) is 0.571. The van der Waals surface area contributed by atoms with Gasteiger partial charge in [-0.25, -0.2) is 4.79 Å². The molecule has 0 aromatic carbocycles. The predicted molar refractivity (Wildman–Crippen MR) is 75.8 cm³/mol. The number of carboxylic acid groups (broad SMARTS) is 1. The summed E-state index contributed by atoms with van der Waals surface area (Å²) in [5.41, 5.74) is 0. The van der Waals surface area contributed by atoms with Crippen molar-refractivity contribution in [3.8, 4) is 0 Å². The highest BCUT2D eigenvalue weighted by Gasteiger charge is 2.43. The molecule has 0 bridgehead atoms. The first-order valence-electron chi connectivity index (χ1n) is 7.35. The van der Waals surface area contributed by atoms with Crippen molar-refractivity contribution >= 4 is 23.7 Å². The van der Waals surface area contributed by atoms with Crippen molar-refractivity contribution in [2.24, 2.45) is 0 Å². The molecule has 1 amide bonds. The standard InChI is InChI=1S/C14H17N3O6/c1-8(18)23-12(14(20)21)11-13(19)16(6-7-22-11)10-4-5-17(15-10)9-2-3-9/h4-5,9,11-12H,2-3,6-7H2,1H3,(H,20,21)/t11-,12-/m1/s1. The Hall–Kier alpha value is -2.42. The zero-order valence-corrected chi connectivity index (χ0v) is 12.5. The number of carboxylic acids is 1. The first kappa shape index (κ1) is 15.5. The average Bonchev–Trinajstić information content (AvgIpc) is 3.23. The molecule has 1 aromatic rings. The van der Waals surface area contributed by atoms with Crippen LogP contribution in [0.4, 0.5) is 5.82 Å². The van der Waals surface area contributed by atoms with Crippen LogP contribution in [0.15, 0.2) is 12.3 Å². The summed E-state index contributed by atoms with van der Waals surface area (Å²) in [5, 5.41) is 13.5. The predicted octanol–water partition coefficient (Wildman–Crippen LogP) is -0.0339. The highest BCUT2D eigenvalue weighted by molar-refractivity contribution is 5.99. The maximum absolute atomic E-state index is 12.5. The SMILES string of the molecule is CC(=O)O[C@@H](C(=O)O)[C@H]1OCCN(c2ccn(C3CC3)n2)C1=O. The number of carbonyl (C=O) groups excluding carboxylic acids is 2. The first-order valence-corrected chi connectivity index (χ1v) is 7.35. The topological polar surface area (TPSA) is 111 Å². The number of rotatable bonds is 5. The number of ether oxygens (including phenoxy) is 2. The van der Waals surface area contributed by atoms with Gasteiger partial charge >= 0.3 is 11.9 Å². The third kappa shape index (κ3) is 3.19. The Morgan fingerprint density at radius 1 is 1.48 bits per heavy atom. The summed E-state index contributed by atoms with van der Waals surface area (Å²) in [6, 6.07) is 2.09. The number of anilines is 1. The fourth-order valence-corrected chi connectivity index (χ4v) is 2.49. The van der Waals surface area contributed by atoms with Gasteiger partial charge in [-0.05, 0) is 12.8 Å². The van der Waals surface area contributed by atoms with E-state index in [1.54, 1.807) is 16.9 Å². The summed E-state index contributed by atoms with van der Waals surface area (Å²) in [6.45, 7) is 1.49. The molecule has 9 nitrogen and oxygen atoms in total. The van der Waals surface area contributed by atoms with Gasteiger partial charge in [0, 0.05) is 19.2 Å². The van der Waals surface area contributed by atoms with Crippen LogP contribution in [-0.2, 0) is 23.9 Å². The minimum atomic E-state index is -1.67. The Kier molecular flexibility index (Phi) is 4.03. The average molecular weight is 323 g/mol.